The molecule has 1 aromatic rings. The molecule has 1 N–H and O–H groups in total. The molecule has 0 saturated carbocycles. The third-order valence-corrected chi connectivity index (χ3v) is 10.5. The van der Waals surface area contributed by atoms with Gasteiger partial charge in [0.05, 0.1) is 0 Å². The van der Waals surface area contributed by atoms with Crippen molar-refractivity contribution in [3.63, 3.8) is 0 Å². The number of hydrogen-bond donors (Lipinski definition) is 1. The van der Waals surface area contributed by atoms with Gasteiger partial charge in [-0.1, -0.05) is 45.0 Å². The minimum atomic E-state index is -1.90. The van der Waals surface area contributed by atoms with Crippen molar-refractivity contribution in [3.05, 3.63) is 35.4 Å². The van der Waals surface area contributed by atoms with Gasteiger partial charge >= 0.3 is 6.09 Å². The van der Waals surface area contributed by atoms with E-state index in [0.29, 0.717) is 6.61 Å². The van der Waals surface area contributed by atoms with Gasteiger partial charge in [-0.3, -0.25) is 4.90 Å². The zero-order valence-corrected chi connectivity index (χ0v) is 18.6. The van der Waals surface area contributed by atoms with E-state index < -0.39 is 19.9 Å². The van der Waals surface area contributed by atoms with Gasteiger partial charge in [-0.05, 0) is 56.5 Å². The molecule has 1 aliphatic carbocycles. The van der Waals surface area contributed by atoms with Crippen LogP contribution in [0.5, 0.6) is 0 Å². The monoisotopic (exact) mass is 377 g/mol. The summed E-state index contributed by atoms with van der Waals surface area (Å²) >= 11 is 0. The minimum absolute atomic E-state index is 0.0793. The zero-order chi connectivity index (χ0) is 19.9. The number of amides is 1. The van der Waals surface area contributed by atoms with E-state index in [-0.39, 0.29) is 17.0 Å². The van der Waals surface area contributed by atoms with Crippen LogP contribution in [0.2, 0.25) is 18.1 Å². The van der Waals surface area contributed by atoms with Gasteiger partial charge in [0.2, 0.25) is 0 Å². The van der Waals surface area contributed by atoms with Crippen molar-refractivity contribution in [2.45, 2.75) is 83.6 Å². The minimum Gasteiger partial charge on any atom is -0.465 e. The largest absolute Gasteiger partial charge is 0.465 e. The van der Waals surface area contributed by atoms with E-state index in [1.807, 2.05) is 32.9 Å². The lowest BCUT2D eigenvalue weighted by Crippen LogP contribution is -2.53. The first-order valence-corrected chi connectivity index (χ1v) is 12.4. The van der Waals surface area contributed by atoms with Gasteiger partial charge in [0.1, 0.15) is 0 Å². The predicted molar refractivity (Wildman–Crippen MR) is 109 cm³/mol. The van der Waals surface area contributed by atoms with Gasteiger partial charge in [-0.25, -0.2) is 4.79 Å². The molecule has 0 saturated heterocycles. The number of benzene rings is 1. The molecule has 4 nitrogen and oxygen atoms in total. The summed E-state index contributed by atoms with van der Waals surface area (Å²) in [4.78, 5) is 13.7. The lowest BCUT2D eigenvalue weighted by atomic mass is 9.94. The number of hydrogen-bond acceptors (Lipinski definition) is 2. The Balaban J connectivity index is 2.36. The summed E-state index contributed by atoms with van der Waals surface area (Å²) in [6.45, 7) is 17.7. The standard InChI is InChI=1S/C21H35NO3Si/c1-20(2,3)22(19(23)24)18-13-15-11-9-10-12-16(15)17(18)14-25-26(7,8)21(4,5)6/h9-12,17-18H,13-14H2,1-8H3,(H,23,24)/t17-,18+/m0/s1. The average Bonchev–Trinajstić information content (AvgIpc) is 2.80. The lowest BCUT2D eigenvalue weighted by Gasteiger charge is -2.42. The quantitative estimate of drug-likeness (QED) is 0.705. The molecule has 26 heavy (non-hydrogen) atoms. The smallest absolute Gasteiger partial charge is 0.408 e. The molecule has 2 rings (SSSR count). The van der Waals surface area contributed by atoms with E-state index in [1.165, 1.54) is 11.1 Å². The van der Waals surface area contributed by atoms with E-state index in [2.05, 4.69) is 46.0 Å². The van der Waals surface area contributed by atoms with Gasteiger partial charge in [0, 0.05) is 24.1 Å². The van der Waals surface area contributed by atoms with Crippen LogP contribution in [0.4, 0.5) is 4.79 Å². The van der Waals surface area contributed by atoms with Gasteiger partial charge in [-0.15, -0.1) is 0 Å². The van der Waals surface area contributed by atoms with Gasteiger partial charge in [0.25, 0.3) is 0 Å². The van der Waals surface area contributed by atoms with E-state index in [0.717, 1.165) is 6.42 Å². The van der Waals surface area contributed by atoms with Crippen LogP contribution in [0.3, 0.4) is 0 Å². The third-order valence-electron chi connectivity index (χ3n) is 6.04. The maximum absolute atomic E-state index is 12.1. The van der Waals surface area contributed by atoms with Crippen LogP contribution in [0.1, 0.15) is 58.6 Å². The van der Waals surface area contributed by atoms with Crippen LogP contribution in [-0.4, -0.2) is 42.6 Å². The number of nitrogens with zero attached hydrogens (tertiary/aromatic N) is 1. The Kier molecular flexibility index (Phi) is 5.65. The van der Waals surface area contributed by atoms with Crippen LogP contribution in [0, 0.1) is 0 Å². The van der Waals surface area contributed by atoms with Gasteiger partial charge in [-0.2, -0.15) is 0 Å². The zero-order valence-electron chi connectivity index (χ0n) is 17.6. The summed E-state index contributed by atoms with van der Waals surface area (Å²) in [7, 11) is -1.90. The average molecular weight is 378 g/mol. The molecule has 1 aromatic carbocycles. The first kappa shape index (κ1) is 21.0. The maximum Gasteiger partial charge on any atom is 0.408 e. The Labute approximate surface area is 159 Å². The molecule has 0 heterocycles. The topological polar surface area (TPSA) is 49.8 Å². The second kappa shape index (κ2) is 7.00. The summed E-state index contributed by atoms with van der Waals surface area (Å²) in [5, 5.41) is 10.1. The van der Waals surface area contributed by atoms with Crippen LogP contribution in [0.15, 0.2) is 24.3 Å². The Morgan fingerprint density at radius 3 is 2.27 bits per heavy atom. The molecule has 2 atom stereocenters. The SMILES string of the molecule is CC(C)(C)N(C(=O)O)[C@@H]1Cc2ccccc2[C@@H]1CO[Si](C)(C)C(C)(C)C. The molecule has 5 heteroatoms. The third kappa shape index (κ3) is 4.15. The summed E-state index contributed by atoms with van der Waals surface area (Å²) in [5.41, 5.74) is 2.04. The molecular formula is C21H35NO3Si. The van der Waals surface area contributed by atoms with Crippen molar-refractivity contribution in [1.29, 1.82) is 0 Å². The van der Waals surface area contributed by atoms with Crippen molar-refractivity contribution in [1.82, 2.24) is 4.90 Å². The fourth-order valence-corrected chi connectivity index (χ4v) is 4.60. The van der Waals surface area contributed by atoms with Crippen molar-refractivity contribution in [2.75, 3.05) is 6.61 Å². The first-order chi connectivity index (χ1) is 11.8. The number of fused-ring (bicyclic) bond motifs is 1. The Hall–Kier alpha value is -1.33. The van der Waals surface area contributed by atoms with Crippen molar-refractivity contribution in [2.24, 2.45) is 0 Å². The van der Waals surface area contributed by atoms with Crippen molar-refractivity contribution in [3.8, 4) is 0 Å². The summed E-state index contributed by atoms with van der Waals surface area (Å²) in [6.07, 6.45) is -0.0988. The van der Waals surface area contributed by atoms with E-state index >= 15 is 0 Å². The number of carbonyl (C=O) groups is 1. The van der Waals surface area contributed by atoms with Gasteiger partial charge < -0.3 is 9.53 Å². The second-order valence-corrected chi connectivity index (χ2v) is 14.8. The molecule has 0 aliphatic heterocycles. The molecule has 146 valence electrons. The summed E-state index contributed by atoms with van der Waals surface area (Å²) < 4.78 is 6.53. The number of rotatable bonds is 4. The van der Waals surface area contributed by atoms with Crippen molar-refractivity contribution < 1.29 is 14.3 Å². The van der Waals surface area contributed by atoms with Crippen LogP contribution in [0.25, 0.3) is 0 Å². The predicted octanol–water partition coefficient (Wildman–Crippen LogP) is 5.50. The molecule has 0 bridgehead atoms. The second-order valence-electron chi connectivity index (χ2n) is 9.97. The summed E-state index contributed by atoms with van der Waals surface area (Å²) in [5.74, 6) is 0.0793. The normalized spacial score (nSPS) is 20.8. The molecule has 0 fully saturated rings. The molecule has 0 unspecified atom stereocenters. The highest BCUT2D eigenvalue weighted by Crippen LogP contribution is 2.42. The van der Waals surface area contributed by atoms with Crippen LogP contribution in [-0.2, 0) is 10.8 Å². The highest BCUT2D eigenvalue weighted by Gasteiger charge is 2.44. The molecule has 0 spiro atoms. The highest BCUT2D eigenvalue weighted by molar-refractivity contribution is 6.74. The number of carboxylic acid groups (broad SMARTS) is 1. The molecular weight excluding hydrogens is 342 g/mol. The molecule has 0 aromatic heterocycles. The summed E-state index contributed by atoms with van der Waals surface area (Å²) in [6, 6.07) is 8.25. The molecule has 0 radical (unpaired) electrons. The fraction of sp³-hybridized carbons (Fsp3) is 0.667. The highest BCUT2D eigenvalue weighted by atomic mass is 28.4. The molecule has 1 amide bonds. The van der Waals surface area contributed by atoms with Crippen molar-refractivity contribution >= 4 is 14.4 Å². The Bertz CT molecular complexity index is 658. The fourth-order valence-electron chi connectivity index (χ4n) is 3.57. The first-order valence-electron chi connectivity index (χ1n) is 9.50. The molecule has 1 aliphatic rings. The van der Waals surface area contributed by atoms with E-state index in [4.69, 9.17) is 4.43 Å². The maximum atomic E-state index is 12.1. The Morgan fingerprint density at radius 2 is 1.77 bits per heavy atom. The van der Waals surface area contributed by atoms with Crippen LogP contribution < -0.4 is 0 Å². The Morgan fingerprint density at radius 1 is 1.19 bits per heavy atom. The van der Waals surface area contributed by atoms with Crippen LogP contribution >= 0.6 is 0 Å². The van der Waals surface area contributed by atoms with E-state index in [1.54, 1.807) is 4.90 Å². The van der Waals surface area contributed by atoms with Gasteiger partial charge in [0.15, 0.2) is 8.32 Å². The van der Waals surface area contributed by atoms with E-state index in [9.17, 15) is 9.90 Å². The lowest BCUT2D eigenvalue weighted by molar-refractivity contribution is 0.0569.